The topological polar surface area (TPSA) is 42.4 Å². The summed E-state index contributed by atoms with van der Waals surface area (Å²) in [5, 5.41) is 0. The monoisotopic (exact) mass is 246 g/mol. The summed E-state index contributed by atoms with van der Waals surface area (Å²) in [7, 11) is 1.71. The van der Waals surface area contributed by atoms with Gasteiger partial charge in [-0.05, 0) is 31.1 Å². The SMILES string of the molecule is COCC1=CCN(c2cc(C(C)=O)ccn2)CC1. The van der Waals surface area contributed by atoms with Gasteiger partial charge < -0.3 is 9.64 Å². The van der Waals surface area contributed by atoms with Gasteiger partial charge in [-0.3, -0.25) is 4.79 Å². The van der Waals surface area contributed by atoms with E-state index in [2.05, 4.69) is 16.0 Å². The molecule has 0 amide bonds. The molecular formula is C14H18N2O2. The van der Waals surface area contributed by atoms with E-state index in [0.717, 1.165) is 25.3 Å². The third-order valence-corrected chi connectivity index (χ3v) is 3.11. The molecule has 0 spiro atoms. The van der Waals surface area contributed by atoms with Crippen LogP contribution in [-0.2, 0) is 4.74 Å². The molecule has 2 rings (SSSR count). The Kier molecular flexibility index (Phi) is 4.10. The first-order chi connectivity index (χ1) is 8.70. The van der Waals surface area contributed by atoms with Crippen molar-refractivity contribution in [2.75, 3.05) is 31.7 Å². The number of nitrogens with zero attached hydrogens (tertiary/aromatic N) is 2. The van der Waals surface area contributed by atoms with Crippen LogP contribution in [-0.4, -0.2) is 37.6 Å². The van der Waals surface area contributed by atoms with Gasteiger partial charge in [-0.1, -0.05) is 6.08 Å². The van der Waals surface area contributed by atoms with Crippen LogP contribution in [0.15, 0.2) is 30.0 Å². The standard InChI is InChI=1S/C14H18N2O2/c1-11(17)13-3-6-15-14(9-13)16-7-4-12(5-8-16)10-18-2/h3-4,6,9H,5,7-8,10H2,1-2H3. The molecule has 96 valence electrons. The van der Waals surface area contributed by atoms with Crippen molar-refractivity contribution in [1.82, 2.24) is 4.98 Å². The first kappa shape index (κ1) is 12.8. The lowest BCUT2D eigenvalue weighted by Gasteiger charge is -2.27. The Morgan fingerprint density at radius 1 is 1.56 bits per heavy atom. The Morgan fingerprint density at radius 2 is 2.39 bits per heavy atom. The van der Waals surface area contributed by atoms with Crippen molar-refractivity contribution >= 4 is 11.6 Å². The molecule has 0 fully saturated rings. The quantitative estimate of drug-likeness (QED) is 0.602. The third-order valence-electron chi connectivity index (χ3n) is 3.11. The van der Waals surface area contributed by atoms with E-state index in [1.165, 1.54) is 5.57 Å². The number of pyridine rings is 1. The zero-order chi connectivity index (χ0) is 13.0. The molecule has 0 aromatic carbocycles. The van der Waals surface area contributed by atoms with Gasteiger partial charge in [0.15, 0.2) is 5.78 Å². The fourth-order valence-electron chi connectivity index (χ4n) is 2.05. The van der Waals surface area contributed by atoms with Crippen LogP contribution in [0.25, 0.3) is 0 Å². The van der Waals surface area contributed by atoms with E-state index in [1.807, 2.05) is 6.07 Å². The van der Waals surface area contributed by atoms with Crippen LogP contribution >= 0.6 is 0 Å². The highest BCUT2D eigenvalue weighted by atomic mass is 16.5. The Bertz CT molecular complexity index is 469. The summed E-state index contributed by atoms with van der Waals surface area (Å²) >= 11 is 0. The van der Waals surface area contributed by atoms with Crippen LogP contribution in [0, 0.1) is 0 Å². The maximum absolute atomic E-state index is 11.3. The molecule has 0 saturated heterocycles. The molecule has 1 aliphatic heterocycles. The number of hydrogen-bond donors (Lipinski definition) is 0. The van der Waals surface area contributed by atoms with Crippen LogP contribution in [0.5, 0.6) is 0 Å². The third kappa shape index (κ3) is 2.96. The van der Waals surface area contributed by atoms with E-state index in [-0.39, 0.29) is 5.78 Å². The minimum Gasteiger partial charge on any atom is -0.380 e. The number of Topliss-reactive ketones (excluding diaryl/α,β-unsaturated/α-hetero) is 1. The van der Waals surface area contributed by atoms with Crippen LogP contribution < -0.4 is 4.90 Å². The number of methoxy groups -OCH3 is 1. The van der Waals surface area contributed by atoms with Gasteiger partial charge in [-0.15, -0.1) is 0 Å². The zero-order valence-corrected chi connectivity index (χ0v) is 10.8. The predicted molar refractivity (Wildman–Crippen MR) is 71.0 cm³/mol. The van der Waals surface area contributed by atoms with Crippen molar-refractivity contribution in [3.63, 3.8) is 0 Å². The molecule has 1 aromatic rings. The Balaban J connectivity index is 2.09. The number of carbonyl (C=O) groups excluding carboxylic acids is 1. The zero-order valence-electron chi connectivity index (χ0n) is 10.8. The predicted octanol–water partition coefficient (Wildman–Crippen LogP) is 2.07. The molecule has 0 bridgehead atoms. The molecule has 0 atom stereocenters. The van der Waals surface area contributed by atoms with E-state index in [9.17, 15) is 4.79 Å². The maximum atomic E-state index is 11.3. The molecule has 1 aliphatic rings. The van der Waals surface area contributed by atoms with E-state index < -0.39 is 0 Å². The van der Waals surface area contributed by atoms with Crippen molar-refractivity contribution in [2.24, 2.45) is 0 Å². The molecule has 0 N–H and O–H groups in total. The normalized spacial score (nSPS) is 15.4. The molecule has 0 radical (unpaired) electrons. The highest BCUT2D eigenvalue weighted by Crippen LogP contribution is 2.18. The lowest BCUT2D eigenvalue weighted by atomic mass is 10.1. The fourth-order valence-corrected chi connectivity index (χ4v) is 2.05. The second-order valence-electron chi connectivity index (χ2n) is 4.45. The Morgan fingerprint density at radius 3 is 3.00 bits per heavy atom. The first-order valence-corrected chi connectivity index (χ1v) is 6.09. The smallest absolute Gasteiger partial charge is 0.159 e. The van der Waals surface area contributed by atoms with Crippen molar-refractivity contribution in [2.45, 2.75) is 13.3 Å². The molecule has 0 unspecified atom stereocenters. The number of rotatable bonds is 4. The van der Waals surface area contributed by atoms with E-state index in [4.69, 9.17) is 4.74 Å². The number of carbonyl (C=O) groups is 1. The number of aromatic nitrogens is 1. The minimum absolute atomic E-state index is 0.0753. The summed E-state index contributed by atoms with van der Waals surface area (Å²) in [6.45, 7) is 4.03. The Labute approximate surface area is 107 Å². The number of ketones is 1. The van der Waals surface area contributed by atoms with Gasteiger partial charge in [0.2, 0.25) is 0 Å². The number of hydrogen-bond acceptors (Lipinski definition) is 4. The first-order valence-electron chi connectivity index (χ1n) is 6.09. The lowest BCUT2D eigenvalue weighted by molar-refractivity contribution is 0.101. The summed E-state index contributed by atoms with van der Waals surface area (Å²) in [5.74, 6) is 0.946. The van der Waals surface area contributed by atoms with E-state index in [1.54, 1.807) is 26.3 Å². The van der Waals surface area contributed by atoms with Gasteiger partial charge >= 0.3 is 0 Å². The molecule has 1 aromatic heterocycles. The van der Waals surface area contributed by atoms with Crippen LogP contribution in [0.4, 0.5) is 5.82 Å². The van der Waals surface area contributed by atoms with Gasteiger partial charge in [0.25, 0.3) is 0 Å². The van der Waals surface area contributed by atoms with Crippen LogP contribution in [0.3, 0.4) is 0 Å². The molecule has 18 heavy (non-hydrogen) atoms. The fraction of sp³-hybridized carbons (Fsp3) is 0.429. The summed E-state index contributed by atoms with van der Waals surface area (Å²) < 4.78 is 5.13. The van der Waals surface area contributed by atoms with Crippen LogP contribution in [0.1, 0.15) is 23.7 Å². The molecule has 0 saturated carbocycles. The second-order valence-corrected chi connectivity index (χ2v) is 4.45. The minimum atomic E-state index is 0.0753. The van der Waals surface area contributed by atoms with Gasteiger partial charge in [0.1, 0.15) is 5.82 Å². The highest BCUT2D eigenvalue weighted by molar-refractivity contribution is 5.94. The Hall–Kier alpha value is -1.68. The van der Waals surface area contributed by atoms with Crippen LogP contribution in [0.2, 0.25) is 0 Å². The molecular weight excluding hydrogens is 228 g/mol. The number of anilines is 1. The molecule has 4 nitrogen and oxygen atoms in total. The van der Waals surface area contributed by atoms with Gasteiger partial charge in [0.05, 0.1) is 6.61 Å². The van der Waals surface area contributed by atoms with Crippen molar-refractivity contribution in [3.05, 3.63) is 35.5 Å². The van der Waals surface area contributed by atoms with Crippen molar-refractivity contribution < 1.29 is 9.53 Å². The van der Waals surface area contributed by atoms with Gasteiger partial charge in [-0.25, -0.2) is 4.98 Å². The average molecular weight is 246 g/mol. The summed E-state index contributed by atoms with van der Waals surface area (Å²) in [4.78, 5) is 17.8. The van der Waals surface area contributed by atoms with E-state index in [0.29, 0.717) is 12.2 Å². The van der Waals surface area contributed by atoms with Crippen molar-refractivity contribution in [1.29, 1.82) is 0 Å². The molecule has 0 aliphatic carbocycles. The lowest BCUT2D eigenvalue weighted by Crippen LogP contribution is -2.30. The largest absolute Gasteiger partial charge is 0.380 e. The number of ether oxygens (including phenoxy) is 1. The summed E-state index contributed by atoms with van der Waals surface area (Å²) in [5.41, 5.74) is 2.04. The van der Waals surface area contributed by atoms with E-state index >= 15 is 0 Å². The highest BCUT2D eigenvalue weighted by Gasteiger charge is 2.14. The molecule has 4 heteroatoms. The summed E-state index contributed by atoms with van der Waals surface area (Å²) in [6.07, 6.45) is 4.86. The summed E-state index contributed by atoms with van der Waals surface area (Å²) in [6, 6.07) is 3.61. The second kappa shape index (κ2) is 5.78. The van der Waals surface area contributed by atoms with Gasteiger partial charge in [0, 0.05) is 32.0 Å². The van der Waals surface area contributed by atoms with Crippen molar-refractivity contribution in [3.8, 4) is 0 Å². The van der Waals surface area contributed by atoms with Gasteiger partial charge in [-0.2, -0.15) is 0 Å². The molecule has 2 heterocycles. The average Bonchev–Trinajstić information content (AvgIpc) is 2.40. The maximum Gasteiger partial charge on any atom is 0.159 e.